The summed E-state index contributed by atoms with van der Waals surface area (Å²) < 4.78 is 1.25. The van der Waals surface area contributed by atoms with Crippen LogP contribution in [0.5, 0.6) is 0 Å². The highest BCUT2D eigenvalue weighted by Gasteiger charge is 2.30. The van der Waals surface area contributed by atoms with E-state index in [1.165, 1.54) is 36.8 Å². The summed E-state index contributed by atoms with van der Waals surface area (Å²) in [6.07, 6.45) is 8.27. The van der Waals surface area contributed by atoms with Crippen LogP contribution in [0.3, 0.4) is 0 Å². The van der Waals surface area contributed by atoms with Gasteiger partial charge in [-0.25, -0.2) is 4.68 Å². The summed E-state index contributed by atoms with van der Waals surface area (Å²) >= 11 is 6.08. The van der Waals surface area contributed by atoms with Crippen LogP contribution in [0.1, 0.15) is 46.0 Å². The molecule has 0 amide bonds. The van der Waals surface area contributed by atoms with Crippen molar-refractivity contribution in [1.82, 2.24) is 9.78 Å². The first-order chi connectivity index (χ1) is 9.42. The van der Waals surface area contributed by atoms with E-state index < -0.39 is 0 Å². The van der Waals surface area contributed by atoms with Crippen LogP contribution in [0.4, 0.5) is 5.69 Å². The minimum absolute atomic E-state index is 0.199. The van der Waals surface area contributed by atoms with Crippen LogP contribution < -0.4 is 10.9 Å². The third kappa shape index (κ3) is 3.35. The van der Waals surface area contributed by atoms with Crippen molar-refractivity contribution < 1.29 is 0 Å². The molecular formula is C15H24ClN3O. The molecule has 1 heterocycles. The van der Waals surface area contributed by atoms with Gasteiger partial charge in [0, 0.05) is 13.6 Å². The fourth-order valence-electron chi connectivity index (χ4n) is 2.99. The predicted octanol–water partition coefficient (Wildman–Crippen LogP) is 3.45. The molecule has 112 valence electrons. The van der Waals surface area contributed by atoms with Gasteiger partial charge in [0.25, 0.3) is 5.56 Å². The van der Waals surface area contributed by atoms with Crippen molar-refractivity contribution in [3.8, 4) is 0 Å². The van der Waals surface area contributed by atoms with E-state index in [1.54, 1.807) is 13.2 Å². The highest BCUT2D eigenvalue weighted by atomic mass is 35.5. The van der Waals surface area contributed by atoms with Crippen LogP contribution >= 0.6 is 11.6 Å². The zero-order valence-corrected chi connectivity index (χ0v) is 13.3. The van der Waals surface area contributed by atoms with Crippen molar-refractivity contribution in [3.05, 3.63) is 21.6 Å². The summed E-state index contributed by atoms with van der Waals surface area (Å²) in [6.45, 7) is 5.39. The molecule has 0 radical (unpaired) electrons. The van der Waals surface area contributed by atoms with Gasteiger partial charge in [-0.1, -0.05) is 44.7 Å². The highest BCUT2D eigenvalue weighted by molar-refractivity contribution is 6.32. The largest absolute Gasteiger partial charge is 0.382 e. The van der Waals surface area contributed by atoms with Gasteiger partial charge < -0.3 is 5.32 Å². The molecule has 1 fully saturated rings. The number of hydrogen-bond acceptors (Lipinski definition) is 3. The quantitative estimate of drug-likeness (QED) is 0.926. The summed E-state index contributed by atoms with van der Waals surface area (Å²) in [4.78, 5) is 11.7. The summed E-state index contributed by atoms with van der Waals surface area (Å²) in [5, 5.41) is 7.54. The second-order valence-corrected chi connectivity index (χ2v) is 6.86. The molecule has 1 aromatic heterocycles. The van der Waals surface area contributed by atoms with Gasteiger partial charge in [-0.15, -0.1) is 0 Å². The van der Waals surface area contributed by atoms with Crippen molar-refractivity contribution in [2.24, 2.45) is 18.4 Å². The molecule has 2 rings (SSSR count). The normalized spacial score (nSPS) is 17.2. The van der Waals surface area contributed by atoms with Gasteiger partial charge in [0.05, 0.1) is 11.9 Å². The van der Waals surface area contributed by atoms with Crippen LogP contribution in [0.2, 0.25) is 5.02 Å². The van der Waals surface area contributed by atoms with Crippen LogP contribution in [0, 0.1) is 11.3 Å². The SMILES string of the molecule is Cn1ncc(NCC(C)(C)C2CCCCC2)c(Cl)c1=O. The Labute approximate surface area is 125 Å². The van der Waals surface area contributed by atoms with Gasteiger partial charge in [-0.3, -0.25) is 4.79 Å². The van der Waals surface area contributed by atoms with Gasteiger partial charge in [-0.05, 0) is 24.2 Å². The van der Waals surface area contributed by atoms with Gasteiger partial charge in [0.1, 0.15) is 5.02 Å². The maximum absolute atomic E-state index is 11.7. The Kier molecular flexibility index (Phi) is 4.74. The minimum atomic E-state index is -0.257. The fraction of sp³-hybridized carbons (Fsp3) is 0.733. The van der Waals surface area contributed by atoms with Gasteiger partial charge in [0.15, 0.2) is 0 Å². The molecule has 0 spiro atoms. The van der Waals surface area contributed by atoms with Crippen LogP contribution in [-0.2, 0) is 7.05 Å². The van der Waals surface area contributed by atoms with E-state index in [2.05, 4.69) is 24.3 Å². The molecule has 1 aliphatic carbocycles. The summed E-state index contributed by atoms with van der Waals surface area (Å²) in [5.74, 6) is 0.738. The van der Waals surface area contributed by atoms with E-state index in [9.17, 15) is 4.79 Å². The van der Waals surface area contributed by atoms with Gasteiger partial charge in [0.2, 0.25) is 0 Å². The Balaban J connectivity index is 2.04. The Morgan fingerprint density at radius 2 is 2.05 bits per heavy atom. The zero-order chi connectivity index (χ0) is 14.8. The number of nitrogens with one attached hydrogen (secondary N) is 1. The number of nitrogens with zero attached hydrogens (tertiary/aromatic N) is 2. The second-order valence-electron chi connectivity index (χ2n) is 6.48. The molecule has 1 aromatic rings. The number of rotatable bonds is 4. The van der Waals surface area contributed by atoms with Gasteiger partial charge >= 0.3 is 0 Å². The molecular weight excluding hydrogens is 274 g/mol. The number of aromatic nitrogens is 2. The molecule has 0 saturated heterocycles. The van der Waals surface area contributed by atoms with Crippen molar-refractivity contribution in [2.45, 2.75) is 46.0 Å². The lowest BCUT2D eigenvalue weighted by Gasteiger charge is -2.37. The second kappa shape index (κ2) is 6.17. The first-order valence-electron chi connectivity index (χ1n) is 7.37. The van der Waals surface area contributed by atoms with E-state index in [0.29, 0.717) is 5.69 Å². The molecule has 5 heteroatoms. The molecule has 0 atom stereocenters. The summed E-state index contributed by atoms with van der Waals surface area (Å²) in [7, 11) is 1.60. The monoisotopic (exact) mass is 297 g/mol. The smallest absolute Gasteiger partial charge is 0.287 e. The van der Waals surface area contributed by atoms with Crippen molar-refractivity contribution >= 4 is 17.3 Å². The third-order valence-electron chi connectivity index (χ3n) is 4.52. The standard InChI is InChI=1S/C15H24ClN3O/c1-15(2,11-7-5-4-6-8-11)10-17-12-9-18-19(3)14(20)13(12)16/h9,11,17H,4-8,10H2,1-3H3. The van der Waals surface area contributed by atoms with Gasteiger partial charge in [-0.2, -0.15) is 5.10 Å². The third-order valence-corrected chi connectivity index (χ3v) is 4.89. The maximum Gasteiger partial charge on any atom is 0.287 e. The van der Waals surface area contributed by atoms with E-state index in [1.807, 2.05) is 0 Å². The van der Waals surface area contributed by atoms with E-state index in [4.69, 9.17) is 11.6 Å². The summed E-state index contributed by atoms with van der Waals surface area (Å²) in [6, 6.07) is 0. The van der Waals surface area contributed by atoms with E-state index in [-0.39, 0.29) is 16.0 Å². The molecule has 0 aliphatic heterocycles. The Morgan fingerprint density at radius 3 is 2.70 bits per heavy atom. The number of hydrogen-bond donors (Lipinski definition) is 1. The van der Waals surface area contributed by atoms with Crippen molar-refractivity contribution in [2.75, 3.05) is 11.9 Å². The van der Waals surface area contributed by atoms with Crippen LogP contribution in [0.15, 0.2) is 11.0 Å². The average molecular weight is 298 g/mol. The Bertz CT molecular complexity index is 518. The lowest BCUT2D eigenvalue weighted by atomic mass is 9.71. The predicted molar refractivity (Wildman–Crippen MR) is 83.3 cm³/mol. The lowest BCUT2D eigenvalue weighted by molar-refractivity contribution is 0.172. The topological polar surface area (TPSA) is 46.9 Å². The molecule has 0 unspecified atom stereocenters. The molecule has 1 N–H and O–H groups in total. The minimum Gasteiger partial charge on any atom is -0.382 e. The van der Waals surface area contributed by atoms with Crippen molar-refractivity contribution in [1.29, 1.82) is 0 Å². The van der Waals surface area contributed by atoms with E-state index >= 15 is 0 Å². The van der Waals surface area contributed by atoms with Crippen LogP contribution in [0.25, 0.3) is 0 Å². The Morgan fingerprint density at radius 1 is 1.40 bits per heavy atom. The molecule has 1 aliphatic rings. The lowest BCUT2D eigenvalue weighted by Crippen LogP contribution is -2.33. The molecule has 0 bridgehead atoms. The molecule has 20 heavy (non-hydrogen) atoms. The fourth-order valence-corrected chi connectivity index (χ4v) is 3.22. The number of halogens is 1. The first-order valence-corrected chi connectivity index (χ1v) is 7.75. The average Bonchev–Trinajstić information content (AvgIpc) is 2.45. The summed E-state index contributed by atoms with van der Waals surface area (Å²) in [5.41, 5.74) is 0.580. The Hall–Kier alpha value is -1.03. The number of anilines is 1. The number of aryl methyl sites for hydroxylation is 1. The zero-order valence-electron chi connectivity index (χ0n) is 12.6. The maximum atomic E-state index is 11.7. The highest BCUT2D eigenvalue weighted by Crippen LogP contribution is 2.38. The van der Waals surface area contributed by atoms with Crippen LogP contribution in [-0.4, -0.2) is 16.3 Å². The molecule has 1 saturated carbocycles. The first kappa shape index (κ1) is 15.4. The van der Waals surface area contributed by atoms with Crippen molar-refractivity contribution in [3.63, 3.8) is 0 Å². The molecule has 4 nitrogen and oxygen atoms in total. The van der Waals surface area contributed by atoms with E-state index in [0.717, 1.165) is 12.5 Å². The molecule has 0 aromatic carbocycles.